The number of carbonyl (C=O) groups is 2. The molecule has 9 heteroatoms. The van der Waals surface area contributed by atoms with E-state index in [0.717, 1.165) is 85.7 Å². The largest absolute Gasteiger partial charge is 0.493 e. The van der Waals surface area contributed by atoms with Crippen LogP contribution >= 0.6 is 0 Å². The number of likely N-dealkylation sites (tertiary alicyclic amines) is 1. The summed E-state index contributed by atoms with van der Waals surface area (Å²) in [5, 5.41) is 10.6. The van der Waals surface area contributed by atoms with Gasteiger partial charge in [0.25, 0.3) is 0 Å². The van der Waals surface area contributed by atoms with Gasteiger partial charge in [0.2, 0.25) is 12.7 Å². The Bertz CT molecular complexity index is 1270. The van der Waals surface area contributed by atoms with Gasteiger partial charge in [-0.05, 0) is 81.6 Å². The van der Waals surface area contributed by atoms with Crippen LogP contribution in [0.1, 0.15) is 61.6 Å². The second-order valence-electron chi connectivity index (χ2n) is 12.4. The van der Waals surface area contributed by atoms with E-state index in [4.69, 9.17) is 14.2 Å². The summed E-state index contributed by atoms with van der Waals surface area (Å²) >= 11 is 0. The van der Waals surface area contributed by atoms with Crippen LogP contribution in [0.5, 0.6) is 17.2 Å². The molecule has 43 heavy (non-hydrogen) atoms. The van der Waals surface area contributed by atoms with E-state index in [0.29, 0.717) is 26.0 Å². The molecule has 1 amide bonds. The van der Waals surface area contributed by atoms with Gasteiger partial charge in [-0.25, -0.2) is 0 Å². The predicted octanol–water partition coefficient (Wildman–Crippen LogP) is 4.42. The average molecular weight is 594 g/mol. The zero-order valence-corrected chi connectivity index (χ0v) is 25.9. The van der Waals surface area contributed by atoms with Gasteiger partial charge in [0.15, 0.2) is 11.5 Å². The van der Waals surface area contributed by atoms with Crippen LogP contribution in [0.4, 0.5) is 0 Å². The quantitative estimate of drug-likeness (QED) is 0.304. The first-order valence-electron chi connectivity index (χ1n) is 15.9. The average Bonchev–Trinajstić information content (AvgIpc) is 3.73. The number of unbranched alkanes of at least 4 members (excludes halogenated alkanes) is 2. The van der Waals surface area contributed by atoms with Crippen LogP contribution < -0.4 is 14.2 Å². The number of hydrogen-bond donors (Lipinski definition) is 1. The zero-order valence-electron chi connectivity index (χ0n) is 25.9. The van der Waals surface area contributed by atoms with Gasteiger partial charge in [-0.15, -0.1) is 0 Å². The molecule has 3 heterocycles. The maximum atomic E-state index is 13.9. The molecule has 3 aliphatic heterocycles. The van der Waals surface area contributed by atoms with E-state index in [1.807, 2.05) is 35.2 Å². The molecule has 234 valence electrons. The van der Waals surface area contributed by atoms with E-state index in [1.54, 1.807) is 0 Å². The molecule has 2 aromatic rings. The molecule has 1 saturated heterocycles. The van der Waals surface area contributed by atoms with Crippen molar-refractivity contribution in [3.05, 3.63) is 53.1 Å². The fraction of sp³-hybridized carbons (Fsp3) is 0.588. The molecule has 0 aromatic heterocycles. The van der Waals surface area contributed by atoms with Crippen molar-refractivity contribution in [1.29, 1.82) is 0 Å². The Morgan fingerprint density at radius 3 is 2.60 bits per heavy atom. The van der Waals surface area contributed by atoms with Crippen molar-refractivity contribution in [3.63, 3.8) is 0 Å². The molecule has 0 spiro atoms. The van der Waals surface area contributed by atoms with Crippen LogP contribution in [0, 0.1) is 5.92 Å². The lowest BCUT2D eigenvalue weighted by atomic mass is 9.83. The number of aliphatic carboxylic acids is 1. The minimum Gasteiger partial charge on any atom is -0.493 e. The fourth-order valence-electron chi connectivity index (χ4n) is 6.83. The summed E-state index contributed by atoms with van der Waals surface area (Å²) in [6, 6.07) is 11.7. The Labute approximate surface area is 255 Å². The lowest BCUT2D eigenvalue weighted by molar-refractivity contribution is -0.143. The molecule has 1 N–H and O–H groups in total. The van der Waals surface area contributed by atoms with E-state index in [-0.39, 0.29) is 31.2 Å². The van der Waals surface area contributed by atoms with E-state index in [2.05, 4.69) is 36.9 Å². The topological polar surface area (TPSA) is 91.8 Å². The molecule has 3 aliphatic rings. The number of amides is 1. The zero-order chi connectivity index (χ0) is 30.3. The number of ether oxygens (including phenoxy) is 3. The minimum atomic E-state index is -0.814. The summed E-state index contributed by atoms with van der Waals surface area (Å²) in [5.41, 5.74) is 3.16. The Kier molecular flexibility index (Phi) is 10.5. The number of carbonyl (C=O) groups excluding carboxylic acids is 1. The summed E-state index contributed by atoms with van der Waals surface area (Å²) < 4.78 is 17.0. The predicted molar refractivity (Wildman–Crippen MR) is 165 cm³/mol. The van der Waals surface area contributed by atoms with Crippen molar-refractivity contribution in [2.24, 2.45) is 5.92 Å². The highest BCUT2D eigenvalue weighted by atomic mass is 16.7. The number of nitrogens with zero attached hydrogens (tertiary/aromatic N) is 3. The van der Waals surface area contributed by atoms with Crippen molar-refractivity contribution < 1.29 is 28.9 Å². The van der Waals surface area contributed by atoms with Gasteiger partial charge >= 0.3 is 5.97 Å². The Morgan fingerprint density at radius 2 is 1.81 bits per heavy atom. The number of aryl methyl sites for hydroxylation is 1. The van der Waals surface area contributed by atoms with E-state index in [9.17, 15) is 14.7 Å². The van der Waals surface area contributed by atoms with E-state index < -0.39 is 11.9 Å². The molecule has 0 bridgehead atoms. The summed E-state index contributed by atoms with van der Waals surface area (Å²) in [6.45, 7) is 6.21. The molecule has 9 nitrogen and oxygen atoms in total. The Balaban J connectivity index is 1.38. The summed E-state index contributed by atoms with van der Waals surface area (Å²) in [4.78, 5) is 33.1. The Morgan fingerprint density at radius 1 is 1.00 bits per heavy atom. The first kappa shape index (κ1) is 31.1. The number of fused-ring (bicyclic) bond motifs is 2. The van der Waals surface area contributed by atoms with Gasteiger partial charge < -0.3 is 29.1 Å². The van der Waals surface area contributed by atoms with Crippen LogP contribution in [-0.2, 0) is 22.4 Å². The van der Waals surface area contributed by atoms with Crippen LogP contribution in [-0.4, -0.2) is 97.9 Å². The SMILES string of the molecule is CCCCN(CCCCN(C)C)C(=O)CN1CC(c2ccc3c(c2)CCO3)C(C(=O)O)C1CCc1cccc2c1OCO2. The third-order valence-electron chi connectivity index (χ3n) is 9.12. The van der Waals surface area contributed by atoms with E-state index >= 15 is 0 Å². The molecule has 3 unspecified atom stereocenters. The van der Waals surface area contributed by atoms with Gasteiger partial charge in [-0.2, -0.15) is 0 Å². The van der Waals surface area contributed by atoms with Crippen LogP contribution in [0.15, 0.2) is 36.4 Å². The van der Waals surface area contributed by atoms with Gasteiger partial charge in [0.1, 0.15) is 5.75 Å². The van der Waals surface area contributed by atoms with Crippen molar-refractivity contribution in [2.45, 2.75) is 63.8 Å². The standard InChI is InChI=1S/C34H47N3O6/c1-4-5-17-36(18-7-6-16-35(2)3)31(38)22-37-21-27(25-12-14-29-26(20-25)15-19-41-29)32(34(39)40)28(37)13-11-24-9-8-10-30-33(24)43-23-42-30/h8-10,12,14,20,27-28,32H,4-7,11,13,15-19,21-23H2,1-3H3,(H,39,40). The Hall–Kier alpha value is -3.30. The number of para-hydroxylation sites is 1. The second-order valence-corrected chi connectivity index (χ2v) is 12.4. The number of benzene rings is 2. The van der Waals surface area contributed by atoms with Gasteiger partial charge in [-0.3, -0.25) is 14.5 Å². The smallest absolute Gasteiger partial charge is 0.308 e. The van der Waals surface area contributed by atoms with Gasteiger partial charge in [0.05, 0.1) is 19.1 Å². The summed E-state index contributed by atoms with van der Waals surface area (Å²) in [6.07, 6.45) is 6.05. The number of carboxylic acids is 1. The number of carboxylic acid groups (broad SMARTS) is 1. The van der Waals surface area contributed by atoms with Crippen molar-refractivity contribution in [2.75, 3.05) is 60.2 Å². The molecule has 2 aromatic carbocycles. The number of rotatable bonds is 15. The molecular weight excluding hydrogens is 546 g/mol. The first-order valence-corrected chi connectivity index (χ1v) is 15.9. The molecule has 0 saturated carbocycles. The van der Waals surface area contributed by atoms with Gasteiger partial charge in [0, 0.05) is 38.0 Å². The lowest BCUT2D eigenvalue weighted by Crippen LogP contribution is -2.45. The normalized spacial score (nSPS) is 20.8. The third kappa shape index (κ3) is 7.44. The molecule has 0 radical (unpaired) electrons. The molecule has 3 atom stereocenters. The minimum absolute atomic E-state index is 0.0905. The highest BCUT2D eigenvalue weighted by molar-refractivity contribution is 5.79. The summed E-state index contributed by atoms with van der Waals surface area (Å²) in [5.74, 6) is 0.785. The molecule has 5 rings (SSSR count). The lowest BCUT2D eigenvalue weighted by Gasteiger charge is -2.30. The van der Waals surface area contributed by atoms with Crippen LogP contribution in [0.25, 0.3) is 0 Å². The van der Waals surface area contributed by atoms with Crippen LogP contribution in [0.3, 0.4) is 0 Å². The van der Waals surface area contributed by atoms with Gasteiger partial charge in [-0.1, -0.05) is 37.6 Å². The highest BCUT2D eigenvalue weighted by Crippen LogP contribution is 2.42. The second kappa shape index (κ2) is 14.4. The number of hydrogen-bond acceptors (Lipinski definition) is 7. The maximum Gasteiger partial charge on any atom is 0.308 e. The summed E-state index contributed by atoms with van der Waals surface area (Å²) in [7, 11) is 4.14. The molecular formula is C34H47N3O6. The van der Waals surface area contributed by atoms with Crippen LogP contribution in [0.2, 0.25) is 0 Å². The van der Waals surface area contributed by atoms with E-state index in [1.165, 1.54) is 0 Å². The molecule has 1 fully saturated rings. The first-order chi connectivity index (χ1) is 20.9. The van der Waals surface area contributed by atoms with Crippen molar-refractivity contribution in [3.8, 4) is 17.2 Å². The maximum absolute atomic E-state index is 13.9. The third-order valence-corrected chi connectivity index (χ3v) is 9.12. The van der Waals surface area contributed by atoms with Crippen molar-refractivity contribution >= 4 is 11.9 Å². The fourth-order valence-corrected chi connectivity index (χ4v) is 6.83. The monoisotopic (exact) mass is 593 g/mol. The highest BCUT2D eigenvalue weighted by Gasteiger charge is 2.47. The van der Waals surface area contributed by atoms with Crippen molar-refractivity contribution in [1.82, 2.24) is 14.7 Å². The molecule has 0 aliphatic carbocycles.